The molecule has 1 atom stereocenters. The quantitative estimate of drug-likeness (QED) is 0.345. The van der Waals surface area contributed by atoms with Gasteiger partial charge in [0.2, 0.25) is 0 Å². The molecule has 2 aromatic carbocycles. The Kier molecular flexibility index (Phi) is 9.44. The Morgan fingerprint density at radius 2 is 1.38 bits per heavy atom. The number of hydrogen-bond acceptors (Lipinski definition) is 5. The molecule has 2 aromatic rings. The van der Waals surface area contributed by atoms with Crippen molar-refractivity contribution in [3.63, 3.8) is 0 Å². The molecule has 0 aliphatic carbocycles. The van der Waals surface area contributed by atoms with Crippen molar-refractivity contribution in [3.05, 3.63) is 59.2 Å². The van der Waals surface area contributed by atoms with Gasteiger partial charge in [0.05, 0.1) is 13.2 Å². The molecule has 0 amide bonds. The van der Waals surface area contributed by atoms with Crippen LogP contribution in [-0.4, -0.2) is 31.2 Å². The molecule has 34 heavy (non-hydrogen) atoms. The molecular formula is C28H44NO4P. The second-order valence-corrected chi connectivity index (χ2v) is 13.0. The number of anilines is 1. The lowest BCUT2D eigenvalue weighted by molar-refractivity contribution is 0.220. The summed E-state index contributed by atoms with van der Waals surface area (Å²) in [6.07, 6.45) is 0.143. The summed E-state index contributed by atoms with van der Waals surface area (Å²) in [4.78, 5) is 2.10. The van der Waals surface area contributed by atoms with E-state index in [1.807, 2.05) is 44.2 Å². The van der Waals surface area contributed by atoms with Crippen molar-refractivity contribution in [3.8, 4) is 5.75 Å². The fourth-order valence-electron chi connectivity index (χ4n) is 4.13. The zero-order valence-corrected chi connectivity index (χ0v) is 23.4. The number of phenols is 1. The molecule has 0 saturated carbocycles. The van der Waals surface area contributed by atoms with Crippen molar-refractivity contribution in [1.29, 1.82) is 0 Å². The van der Waals surface area contributed by atoms with Crippen LogP contribution in [0.3, 0.4) is 0 Å². The highest BCUT2D eigenvalue weighted by atomic mass is 31.2. The predicted octanol–water partition coefficient (Wildman–Crippen LogP) is 7.82. The number of hydrogen-bond donors (Lipinski definition) is 1. The van der Waals surface area contributed by atoms with E-state index in [0.717, 1.165) is 16.8 Å². The van der Waals surface area contributed by atoms with E-state index in [1.54, 1.807) is 0 Å². The standard InChI is InChI=1S/C28H44NO4P/c1-10-32-34(31,33-11-2)20-29(19-21(3)22-15-13-12-14-16-22)23-17-24(27(4,5)6)26(30)25(18-23)28(7,8)9/h12-18,21,30H,10-11,19-20H2,1-9H3. The Hall–Kier alpha value is -1.81. The summed E-state index contributed by atoms with van der Waals surface area (Å²) >= 11 is 0. The molecule has 0 aliphatic rings. The number of benzene rings is 2. The van der Waals surface area contributed by atoms with E-state index in [2.05, 4.69) is 65.5 Å². The number of phenolic OH excluding ortho intramolecular Hbond substituents is 1. The van der Waals surface area contributed by atoms with Crippen molar-refractivity contribution < 1.29 is 18.7 Å². The van der Waals surface area contributed by atoms with E-state index in [-0.39, 0.29) is 23.0 Å². The average molecular weight is 490 g/mol. The lowest BCUT2D eigenvalue weighted by Gasteiger charge is -2.34. The van der Waals surface area contributed by atoms with Gasteiger partial charge in [0.15, 0.2) is 0 Å². The first-order valence-electron chi connectivity index (χ1n) is 12.3. The van der Waals surface area contributed by atoms with E-state index in [0.29, 0.717) is 25.5 Å². The SMILES string of the molecule is CCOP(=O)(CN(CC(C)c1ccccc1)c1cc(C(C)(C)C)c(O)c(C(C)(C)C)c1)OCC. The lowest BCUT2D eigenvalue weighted by atomic mass is 9.79. The molecule has 190 valence electrons. The van der Waals surface area contributed by atoms with Crippen LogP contribution in [0.4, 0.5) is 5.69 Å². The monoisotopic (exact) mass is 489 g/mol. The molecule has 0 fully saturated rings. The Bertz CT molecular complexity index is 931. The van der Waals surface area contributed by atoms with Gasteiger partial charge in [-0.3, -0.25) is 4.57 Å². The van der Waals surface area contributed by atoms with Gasteiger partial charge in [0, 0.05) is 23.4 Å². The van der Waals surface area contributed by atoms with E-state index in [9.17, 15) is 9.67 Å². The van der Waals surface area contributed by atoms with Crippen LogP contribution in [0.5, 0.6) is 5.75 Å². The van der Waals surface area contributed by atoms with Crippen LogP contribution in [0.2, 0.25) is 0 Å². The summed E-state index contributed by atoms with van der Waals surface area (Å²) in [7, 11) is -3.35. The first-order valence-corrected chi connectivity index (χ1v) is 14.0. The van der Waals surface area contributed by atoms with Crippen molar-refractivity contribution >= 4 is 13.3 Å². The zero-order valence-electron chi connectivity index (χ0n) is 22.5. The summed E-state index contributed by atoms with van der Waals surface area (Å²) in [5, 5.41) is 11.2. The topological polar surface area (TPSA) is 59.0 Å². The summed E-state index contributed by atoms with van der Waals surface area (Å²) in [6, 6.07) is 14.4. The van der Waals surface area contributed by atoms with Crippen molar-refractivity contribution in [2.45, 2.75) is 79.1 Å². The van der Waals surface area contributed by atoms with Gasteiger partial charge >= 0.3 is 7.60 Å². The minimum absolute atomic E-state index is 0.143. The molecule has 0 radical (unpaired) electrons. The normalized spacial score (nSPS) is 13.7. The smallest absolute Gasteiger partial charge is 0.349 e. The van der Waals surface area contributed by atoms with Crippen molar-refractivity contribution in [2.75, 3.05) is 30.9 Å². The Morgan fingerprint density at radius 1 is 0.912 bits per heavy atom. The molecule has 0 spiro atoms. The maximum Gasteiger partial charge on any atom is 0.349 e. The highest BCUT2D eigenvalue weighted by Crippen LogP contribution is 2.50. The molecule has 1 N–H and O–H groups in total. The second kappa shape index (κ2) is 11.3. The lowest BCUT2D eigenvalue weighted by Crippen LogP contribution is -2.31. The molecule has 0 aliphatic heterocycles. The molecule has 1 unspecified atom stereocenters. The molecule has 0 heterocycles. The summed E-state index contributed by atoms with van der Waals surface area (Å²) < 4.78 is 25.0. The van der Waals surface area contributed by atoms with Crippen molar-refractivity contribution in [1.82, 2.24) is 0 Å². The largest absolute Gasteiger partial charge is 0.507 e. The van der Waals surface area contributed by atoms with Gasteiger partial charge in [-0.05, 0) is 48.3 Å². The fraction of sp³-hybridized carbons (Fsp3) is 0.571. The average Bonchev–Trinajstić information content (AvgIpc) is 2.72. The molecule has 0 bridgehead atoms. The predicted molar refractivity (Wildman–Crippen MR) is 143 cm³/mol. The summed E-state index contributed by atoms with van der Waals surface area (Å²) in [5.41, 5.74) is 3.33. The first kappa shape index (κ1) is 28.4. The van der Waals surface area contributed by atoms with E-state index in [4.69, 9.17) is 9.05 Å². The maximum absolute atomic E-state index is 13.6. The van der Waals surface area contributed by atoms with Crippen LogP contribution in [-0.2, 0) is 24.4 Å². The van der Waals surface area contributed by atoms with Crippen LogP contribution in [0, 0.1) is 0 Å². The zero-order chi connectivity index (χ0) is 25.7. The van der Waals surface area contributed by atoms with Crippen LogP contribution < -0.4 is 4.90 Å². The third-order valence-electron chi connectivity index (χ3n) is 5.93. The van der Waals surface area contributed by atoms with E-state index >= 15 is 0 Å². The van der Waals surface area contributed by atoms with Gasteiger partial charge in [0.1, 0.15) is 12.0 Å². The summed E-state index contributed by atoms with van der Waals surface area (Å²) in [5.74, 6) is 0.514. The molecule has 0 saturated heterocycles. The summed E-state index contributed by atoms with van der Waals surface area (Å²) in [6.45, 7) is 19.7. The van der Waals surface area contributed by atoms with Crippen LogP contribution >= 0.6 is 7.60 Å². The molecule has 5 nitrogen and oxygen atoms in total. The van der Waals surface area contributed by atoms with Crippen LogP contribution in [0.1, 0.15) is 84.9 Å². The van der Waals surface area contributed by atoms with Gasteiger partial charge in [-0.2, -0.15) is 0 Å². The number of rotatable bonds is 10. The van der Waals surface area contributed by atoms with Gasteiger partial charge in [-0.1, -0.05) is 78.8 Å². The third kappa shape index (κ3) is 7.34. The maximum atomic E-state index is 13.6. The molecular weight excluding hydrogens is 445 g/mol. The Labute approximate surface area is 207 Å². The third-order valence-corrected chi connectivity index (χ3v) is 7.93. The fourth-order valence-corrected chi connectivity index (χ4v) is 5.85. The van der Waals surface area contributed by atoms with E-state index < -0.39 is 7.60 Å². The minimum atomic E-state index is -3.35. The van der Waals surface area contributed by atoms with Crippen LogP contribution in [0.25, 0.3) is 0 Å². The Morgan fingerprint density at radius 3 is 1.79 bits per heavy atom. The first-order chi connectivity index (χ1) is 15.7. The highest BCUT2D eigenvalue weighted by Gasteiger charge is 2.32. The number of aromatic hydroxyl groups is 1. The molecule has 6 heteroatoms. The van der Waals surface area contributed by atoms with Gasteiger partial charge in [-0.25, -0.2) is 0 Å². The van der Waals surface area contributed by atoms with Crippen LogP contribution in [0.15, 0.2) is 42.5 Å². The van der Waals surface area contributed by atoms with Gasteiger partial charge in [-0.15, -0.1) is 0 Å². The van der Waals surface area contributed by atoms with Crippen molar-refractivity contribution in [2.24, 2.45) is 0 Å². The minimum Gasteiger partial charge on any atom is -0.507 e. The van der Waals surface area contributed by atoms with Gasteiger partial charge in [0.25, 0.3) is 0 Å². The molecule has 0 aromatic heterocycles. The number of nitrogens with zero attached hydrogens (tertiary/aromatic N) is 1. The molecule has 2 rings (SSSR count). The van der Waals surface area contributed by atoms with E-state index in [1.165, 1.54) is 5.56 Å². The van der Waals surface area contributed by atoms with Gasteiger partial charge < -0.3 is 19.1 Å². The Balaban J connectivity index is 2.66. The second-order valence-electron chi connectivity index (χ2n) is 11.0. The highest BCUT2D eigenvalue weighted by molar-refractivity contribution is 7.53.